The Balaban J connectivity index is 1.93. The third-order valence-electron chi connectivity index (χ3n) is 4.07. The second kappa shape index (κ2) is 6.51. The molecule has 2 aromatic heterocycles. The number of benzene rings is 1. The van der Waals surface area contributed by atoms with Crippen LogP contribution >= 0.6 is 0 Å². The highest BCUT2D eigenvalue weighted by atomic mass is 16.2. The number of nitrogens with zero attached hydrogens (tertiary/aromatic N) is 4. The SMILES string of the molecule is CC(C)n1c([C@@H](C)NC(=O)c2ccc(=O)n(C)n2)nc2ccccc21. The minimum absolute atomic E-state index is 0.196. The maximum atomic E-state index is 12.5. The highest BCUT2D eigenvalue weighted by Gasteiger charge is 2.21. The van der Waals surface area contributed by atoms with E-state index in [0.717, 1.165) is 21.5 Å². The first-order valence-electron chi connectivity index (χ1n) is 8.20. The first kappa shape index (κ1) is 16.9. The van der Waals surface area contributed by atoms with Gasteiger partial charge in [0.05, 0.1) is 17.1 Å². The smallest absolute Gasteiger partial charge is 0.272 e. The molecule has 1 amide bonds. The lowest BCUT2D eigenvalue weighted by atomic mass is 10.2. The fraction of sp³-hybridized carbons (Fsp3) is 0.333. The van der Waals surface area contributed by atoms with E-state index in [1.807, 2.05) is 31.2 Å². The van der Waals surface area contributed by atoms with Crippen LogP contribution in [-0.4, -0.2) is 25.2 Å². The van der Waals surface area contributed by atoms with Gasteiger partial charge in [0.2, 0.25) is 0 Å². The van der Waals surface area contributed by atoms with Gasteiger partial charge in [0.1, 0.15) is 11.5 Å². The minimum Gasteiger partial charge on any atom is -0.341 e. The molecule has 1 atom stereocenters. The van der Waals surface area contributed by atoms with E-state index in [1.54, 1.807) is 0 Å². The molecule has 7 heteroatoms. The molecule has 0 aliphatic carbocycles. The molecule has 0 aliphatic heterocycles. The summed E-state index contributed by atoms with van der Waals surface area (Å²) in [6.07, 6.45) is 0. The molecular weight excluding hydrogens is 318 g/mol. The van der Waals surface area contributed by atoms with Crippen LogP contribution in [0.15, 0.2) is 41.2 Å². The summed E-state index contributed by atoms with van der Waals surface area (Å²) in [5, 5.41) is 6.90. The first-order valence-corrected chi connectivity index (χ1v) is 8.20. The van der Waals surface area contributed by atoms with Crippen LogP contribution in [0.25, 0.3) is 11.0 Å². The molecule has 0 spiro atoms. The third kappa shape index (κ3) is 3.17. The van der Waals surface area contributed by atoms with Gasteiger partial charge < -0.3 is 9.88 Å². The number of amides is 1. The van der Waals surface area contributed by atoms with Gasteiger partial charge in [-0.05, 0) is 39.0 Å². The molecule has 130 valence electrons. The molecule has 0 bridgehead atoms. The standard InChI is InChI=1S/C18H21N5O2/c1-11(2)23-15-8-6-5-7-13(15)20-17(23)12(3)19-18(25)14-9-10-16(24)22(4)21-14/h5-12H,1-4H3,(H,19,25)/t12-/m1/s1. The second-order valence-corrected chi connectivity index (χ2v) is 6.30. The van der Waals surface area contributed by atoms with E-state index in [4.69, 9.17) is 0 Å². The van der Waals surface area contributed by atoms with Gasteiger partial charge in [0.25, 0.3) is 11.5 Å². The molecule has 0 aliphatic rings. The zero-order chi connectivity index (χ0) is 18.1. The lowest BCUT2D eigenvalue weighted by molar-refractivity contribution is 0.0930. The van der Waals surface area contributed by atoms with Crippen LogP contribution in [-0.2, 0) is 7.05 Å². The van der Waals surface area contributed by atoms with Crippen molar-refractivity contribution < 1.29 is 4.79 Å². The quantitative estimate of drug-likeness (QED) is 0.790. The van der Waals surface area contributed by atoms with Gasteiger partial charge >= 0.3 is 0 Å². The second-order valence-electron chi connectivity index (χ2n) is 6.30. The molecule has 2 heterocycles. The third-order valence-corrected chi connectivity index (χ3v) is 4.07. The molecule has 0 unspecified atom stereocenters. The summed E-state index contributed by atoms with van der Waals surface area (Å²) >= 11 is 0. The van der Waals surface area contributed by atoms with Crippen LogP contribution in [0.3, 0.4) is 0 Å². The largest absolute Gasteiger partial charge is 0.341 e. The minimum atomic E-state index is -0.342. The molecule has 1 aromatic carbocycles. The number of rotatable bonds is 4. The van der Waals surface area contributed by atoms with Crippen molar-refractivity contribution in [1.82, 2.24) is 24.6 Å². The molecule has 0 saturated carbocycles. The van der Waals surface area contributed by atoms with Crippen molar-refractivity contribution in [3.63, 3.8) is 0 Å². The van der Waals surface area contributed by atoms with Crippen molar-refractivity contribution in [3.05, 3.63) is 58.3 Å². The van der Waals surface area contributed by atoms with E-state index in [0.29, 0.717) is 0 Å². The highest BCUT2D eigenvalue weighted by Crippen LogP contribution is 2.24. The Morgan fingerprint density at radius 3 is 2.52 bits per heavy atom. The van der Waals surface area contributed by atoms with Crippen molar-refractivity contribution >= 4 is 16.9 Å². The molecule has 3 aromatic rings. The van der Waals surface area contributed by atoms with E-state index >= 15 is 0 Å². The molecule has 0 fully saturated rings. The molecular formula is C18H21N5O2. The number of fused-ring (bicyclic) bond motifs is 1. The Labute approximate surface area is 145 Å². The number of hydrogen-bond acceptors (Lipinski definition) is 4. The van der Waals surface area contributed by atoms with Gasteiger partial charge in [0.15, 0.2) is 0 Å². The normalized spacial score (nSPS) is 12.5. The predicted octanol–water partition coefficient (Wildman–Crippen LogP) is 2.20. The number of carbonyl (C=O) groups is 1. The van der Waals surface area contributed by atoms with E-state index in [9.17, 15) is 9.59 Å². The summed E-state index contributed by atoms with van der Waals surface area (Å²) in [7, 11) is 1.51. The Hall–Kier alpha value is -2.96. The zero-order valence-corrected chi connectivity index (χ0v) is 14.7. The van der Waals surface area contributed by atoms with Gasteiger partial charge in [-0.1, -0.05) is 12.1 Å². The number of para-hydroxylation sites is 2. The summed E-state index contributed by atoms with van der Waals surface area (Å²) < 4.78 is 3.26. The molecule has 0 saturated heterocycles. The van der Waals surface area contributed by atoms with Gasteiger partial charge in [-0.2, -0.15) is 5.10 Å². The molecule has 1 N–H and O–H groups in total. The lowest BCUT2D eigenvalue weighted by Gasteiger charge is -2.18. The summed E-state index contributed by atoms with van der Waals surface area (Å²) in [6.45, 7) is 6.06. The number of nitrogens with one attached hydrogen (secondary N) is 1. The number of carbonyl (C=O) groups excluding carboxylic acids is 1. The monoisotopic (exact) mass is 339 g/mol. The maximum absolute atomic E-state index is 12.5. The molecule has 0 radical (unpaired) electrons. The summed E-state index contributed by atoms with van der Waals surface area (Å²) in [5.74, 6) is 0.444. The number of aryl methyl sites for hydroxylation is 1. The van der Waals surface area contributed by atoms with Crippen molar-refractivity contribution in [2.75, 3.05) is 0 Å². The molecule has 3 rings (SSSR count). The van der Waals surface area contributed by atoms with Crippen LogP contribution in [0.2, 0.25) is 0 Å². The van der Waals surface area contributed by atoms with Crippen LogP contribution in [0.1, 0.15) is 49.2 Å². The van der Waals surface area contributed by atoms with E-state index < -0.39 is 0 Å². The fourth-order valence-electron chi connectivity index (χ4n) is 2.87. The van der Waals surface area contributed by atoms with Crippen molar-refractivity contribution in [1.29, 1.82) is 0 Å². The van der Waals surface area contributed by atoms with E-state index in [-0.39, 0.29) is 29.2 Å². The van der Waals surface area contributed by atoms with Gasteiger partial charge in [-0.3, -0.25) is 9.59 Å². The Bertz CT molecular complexity index is 987. The Kier molecular flexibility index (Phi) is 4.39. The van der Waals surface area contributed by atoms with Gasteiger partial charge in [0, 0.05) is 19.2 Å². The highest BCUT2D eigenvalue weighted by molar-refractivity contribution is 5.92. The molecule has 7 nitrogen and oxygen atoms in total. The molecule has 25 heavy (non-hydrogen) atoms. The lowest BCUT2D eigenvalue weighted by Crippen LogP contribution is -2.31. The van der Waals surface area contributed by atoms with E-state index in [1.165, 1.54) is 19.2 Å². The number of imidazole rings is 1. The maximum Gasteiger partial charge on any atom is 0.272 e. The number of hydrogen-bond donors (Lipinski definition) is 1. The Morgan fingerprint density at radius 1 is 1.12 bits per heavy atom. The average molecular weight is 339 g/mol. The van der Waals surface area contributed by atoms with Crippen LogP contribution in [0, 0.1) is 0 Å². The van der Waals surface area contributed by atoms with Gasteiger partial charge in [-0.15, -0.1) is 0 Å². The first-order chi connectivity index (χ1) is 11.9. The van der Waals surface area contributed by atoms with Crippen LogP contribution < -0.4 is 10.9 Å². The fourth-order valence-corrected chi connectivity index (χ4v) is 2.87. The van der Waals surface area contributed by atoms with Crippen molar-refractivity contribution in [3.8, 4) is 0 Å². The van der Waals surface area contributed by atoms with E-state index in [2.05, 4.69) is 33.8 Å². The Morgan fingerprint density at radius 2 is 1.84 bits per heavy atom. The van der Waals surface area contributed by atoms with Crippen molar-refractivity contribution in [2.45, 2.75) is 32.9 Å². The average Bonchev–Trinajstić information content (AvgIpc) is 2.97. The summed E-state index contributed by atoms with van der Waals surface area (Å²) in [4.78, 5) is 28.6. The van der Waals surface area contributed by atoms with Crippen LogP contribution in [0.4, 0.5) is 0 Å². The zero-order valence-electron chi connectivity index (χ0n) is 14.7. The van der Waals surface area contributed by atoms with Crippen molar-refractivity contribution in [2.24, 2.45) is 7.05 Å². The summed E-state index contributed by atoms with van der Waals surface area (Å²) in [5.41, 5.74) is 1.87. The van der Waals surface area contributed by atoms with Crippen LogP contribution in [0.5, 0.6) is 0 Å². The predicted molar refractivity (Wildman–Crippen MR) is 95.5 cm³/mol. The topological polar surface area (TPSA) is 81.8 Å². The van der Waals surface area contributed by atoms with Gasteiger partial charge in [-0.25, -0.2) is 9.67 Å². The summed E-state index contributed by atoms with van der Waals surface area (Å²) in [6, 6.07) is 10.6. The number of aromatic nitrogens is 4.